The number of carbonyl (C=O) groups is 1. The Labute approximate surface area is 122 Å². The SMILES string of the molecule is CC(=O)OC1(CCC2OCCO2)CCCC(C(C)C)C1. The first kappa shape index (κ1) is 15.8. The average molecular weight is 284 g/mol. The standard InChI is InChI=1S/C16H28O4/c1-12(2)14-5-4-7-16(11-14,20-13(3)17)8-6-15-18-9-10-19-15/h12,14-15H,4-11H2,1-3H3. The lowest BCUT2D eigenvalue weighted by Crippen LogP contribution is -2.41. The Morgan fingerprint density at radius 3 is 2.65 bits per heavy atom. The second-order valence-electron chi connectivity index (χ2n) is 6.59. The molecule has 1 heterocycles. The summed E-state index contributed by atoms with van der Waals surface area (Å²) in [4.78, 5) is 11.5. The molecule has 2 rings (SSSR count). The Morgan fingerprint density at radius 1 is 1.35 bits per heavy atom. The summed E-state index contributed by atoms with van der Waals surface area (Å²) in [5.41, 5.74) is -0.297. The van der Waals surface area contributed by atoms with Gasteiger partial charge in [0.05, 0.1) is 13.2 Å². The molecule has 0 N–H and O–H groups in total. The molecule has 0 amide bonds. The molecule has 20 heavy (non-hydrogen) atoms. The zero-order valence-corrected chi connectivity index (χ0v) is 13.0. The molecule has 0 aromatic carbocycles. The van der Waals surface area contributed by atoms with Crippen molar-refractivity contribution in [3.8, 4) is 0 Å². The van der Waals surface area contributed by atoms with Crippen LogP contribution in [-0.4, -0.2) is 31.1 Å². The minimum Gasteiger partial charge on any atom is -0.459 e. The monoisotopic (exact) mass is 284 g/mol. The molecule has 0 aromatic heterocycles. The second kappa shape index (κ2) is 6.90. The van der Waals surface area contributed by atoms with Crippen LogP contribution in [0.5, 0.6) is 0 Å². The van der Waals surface area contributed by atoms with Crippen molar-refractivity contribution in [2.75, 3.05) is 13.2 Å². The summed E-state index contributed by atoms with van der Waals surface area (Å²) in [6.45, 7) is 7.40. The van der Waals surface area contributed by atoms with Crippen molar-refractivity contribution in [1.82, 2.24) is 0 Å². The summed E-state index contributed by atoms with van der Waals surface area (Å²) in [6, 6.07) is 0. The Hall–Kier alpha value is -0.610. The molecule has 1 aliphatic heterocycles. The van der Waals surface area contributed by atoms with Crippen LogP contribution < -0.4 is 0 Å². The van der Waals surface area contributed by atoms with Gasteiger partial charge in [0.1, 0.15) is 5.60 Å². The van der Waals surface area contributed by atoms with E-state index < -0.39 is 0 Å². The van der Waals surface area contributed by atoms with Crippen LogP contribution >= 0.6 is 0 Å². The Balaban J connectivity index is 1.98. The maximum atomic E-state index is 11.5. The predicted molar refractivity (Wildman–Crippen MR) is 76.2 cm³/mol. The van der Waals surface area contributed by atoms with E-state index in [0.29, 0.717) is 25.0 Å². The highest BCUT2D eigenvalue weighted by Crippen LogP contribution is 2.42. The van der Waals surface area contributed by atoms with Crippen LogP contribution in [0, 0.1) is 11.8 Å². The van der Waals surface area contributed by atoms with Crippen molar-refractivity contribution < 1.29 is 19.0 Å². The highest BCUT2D eigenvalue weighted by Gasteiger charge is 2.40. The van der Waals surface area contributed by atoms with Crippen molar-refractivity contribution in [3.05, 3.63) is 0 Å². The third kappa shape index (κ3) is 4.19. The van der Waals surface area contributed by atoms with Gasteiger partial charge in [0.2, 0.25) is 0 Å². The van der Waals surface area contributed by atoms with Gasteiger partial charge in [-0.05, 0) is 43.9 Å². The van der Waals surface area contributed by atoms with E-state index in [1.807, 2.05) is 0 Å². The van der Waals surface area contributed by atoms with Gasteiger partial charge in [-0.1, -0.05) is 13.8 Å². The molecule has 4 nitrogen and oxygen atoms in total. The summed E-state index contributed by atoms with van der Waals surface area (Å²) in [7, 11) is 0. The zero-order chi connectivity index (χ0) is 14.6. The summed E-state index contributed by atoms with van der Waals surface area (Å²) < 4.78 is 16.8. The molecular weight excluding hydrogens is 256 g/mol. The van der Waals surface area contributed by atoms with Gasteiger partial charge in [-0.15, -0.1) is 0 Å². The number of hydrogen-bond donors (Lipinski definition) is 0. The smallest absolute Gasteiger partial charge is 0.303 e. The molecule has 2 fully saturated rings. The Kier molecular flexibility index (Phi) is 5.44. The fourth-order valence-electron chi connectivity index (χ4n) is 3.57. The fraction of sp³-hybridized carbons (Fsp3) is 0.938. The average Bonchev–Trinajstić information content (AvgIpc) is 2.89. The van der Waals surface area contributed by atoms with Crippen molar-refractivity contribution >= 4 is 5.97 Å². The van der Waals surface area contributed by atoms with Crippen molar-refractivity contribution in [2.45, 2.75) is 71.2 Å². The third-order valence-electron chi connectivity index (χ3n) is 4.67. The highest BCUT2D eigenvalue weighted by atomic mass is 16.7. The molecule has 0 bridgehead atoms. The zero-order valence-electron chi connectivity index (χ0n) is 13.0. The van der Waals surface area contributed by atoms with Gasteiger partial charge in [-0.2, -0.15) is 0 Å². The molecule has 4 heteroatoms. The molecular formula is C16H28O4. The maximum Gasteiger partial charge on any atom is 0.303 e. The van der Waals surface area contributed by atoms with E-state index in [1.54, 1.807) is 0 Å². The van der Waals surface area contributed by atoms with Crippen LogP contribution in [0.25, 0.3) is 0 Å². The van der Waals surface area contributed by atoms with Gasteiger partial charge in [-0.3, -0.25) is 4.79 Å². The molecule has 2 atom stereocenters. The Morgan fingerprint density at radius 2 is 2.05 bits per heavy atom. The van der Waals surface area contributed by atoms with E-state index >= 15 is 0 Å². The largest absolute Gasteiger partial charge is 0.459 e. The Bertz CT molecular complexity index is 322. The van der Waals surface area contributed by atoms with Crippen LogP contribution in [0.4, 0.5) is 0 Å². The van der Waals surface area contributed by atoms with E-state index in [4.69, 9.17) is 14.2 Å². The van der Waals surface area contributed by atoms with Crippen LogP contribution in [0.2, 0.25) is 0 Å². The minimum absolute atomic E-state index is 0.109. The van der Waals surface area contributed by atoms with Gasteiger partial charge in [0.25, 0.3) is 0 Å². The third-order valence-corrected chi connectivity index (χ3v) is 4.67. The number of ether oxygens (including phenoxy) is 3. The molecule has 1 saturated heterocycles. The lowest BCUT2D eigenvalue weighted by molar-refractivity contribution is -0.167. The van der Waals surface area contributed by atoms with E-state index in [-0.39, 0.29) is 17.9 Å². The number of esters is 1. The van der Waals surface area contributed by atoms with E-state index in [0.717, 1.165) is 32.1 Å². The molecule has 2 unspecified atom stereocenters. The molecule has 1 aliphatic carbocycles. The molecule has 0 radical (unpaired) electrons. The lowest BCUT2D eigenvalue weighted by atomic mass is 9.71. The van der Waals surface area contributed by atoms with Gasteiger partial charge < -0.3 is 14.2 Å². The normalized spacial score (nSPS) is 31.7. The number of carbonyl (C=O) groups excluding carboxylic acids is 1. The topological polar surface area (TPSA) is 44.8 Å². The maximum absolute atomic E-state index is 11.5. The molecule has 1 saturated carbocycles. The lowest BCUT2D eigenvalue weighted by Gasteiger charge is -2.42. The fourth-order valence-corrected chi connectivity index (χ4v) is 3.57. The van der Waals surface area contributed by atoms with Crippen molar-refractivity contribution in [1.29, 1.82) is 0 Å². The summed E-state index contributed by atoms with van der Waals surface area (Å²) in [5.74, 6) is 1.13. The summed E-state index contributed by atoms with van der Waals surface area (Å²) in [6.07, 6.45) is 5.90. The molecule has 116 valence electrons. The predicted octanol–water partition coefficient (Wildman–Crippen LogP) is 3.29. The van der Waals surface area contributed by atoms with Gasteiger partial charge in [0.15, 0.2) is 6.29 Å². The second-order valence-corrected chi connectivity index (χ2v) is 6.59. The van der Waals surface area contributed by atoms with Gasteiger partial charge in [0, 0.05) is 13.3 Å². The number of hydrogen-bond acceptors (Lipinski definition) is 4. The van der Waals surface area contributed by atoms with Crippen molar-refractivity contribution in [3.63, 3.8) is 0 Å². The molecule has 0 aromatic rings. The summed E-state index contributed by atoms with van der Waals surface area (Å²) >= 11 is 0. The van der Waals surface area contributed by atoms with Crippen LogP contribution in [0.15, 0.2) is 0 Å². The van der Waals surface area contributed by atoms with Crippen LogP contribution in [0.3, 0.4) is 0 Å². The molecule has 2 aliphatic rings. The van der Waals surface area contributed by atoms with Gasteiger partial charge >= 0.3 is 5.97 Å². The van der Waals surface area contributed by atoms with E-state index in [9.17, 15) is 4.79 Å². The molecule has 0 spiro atoms. The highest BCUT2D eigenvalue weighted by molar-refractivity contribution is 5.66. The van der Waals surface area contributed by atoms with E-state index in [2.05, 4.69) is 13.8 Å². The first-order chi connectivity index (χ1) is 9.51. The minimum atomic E-state index is -0.297. The summed E-state index contributed by atoms with van der Waals surface area (Å²) in [5, 5.41) is 0. The first-order valence-corrected chi connectivity index (χ1v) is 7.93. The first-order valence-electron chi connectivity index (χ1n) is 7.93. The van der Waals surface area contributed by atoms with Crippen LogP contribution in [-0.2, 0) is 19.0 Å². The number of rotatable bonds is 5. The van der Waals surface area contributed by atoms with Crippen molar-refractivity contribution in [2.24, 2.45) is 11.8 Å². The quantitative estimate of drug-likeness (QED) is 0.727. The van der Waals surface area contributed by atoms with E-state index in [1.165, 1.54) is 13.3 Å². The van der Waals surface area contributed by atoms with Gasteiger partial charge in [-0.25, -0.2) is 0 Å². The van der Waals surface area contributed by atoms with Crippen LogP contribution in [0.1, 0.15) is 59.3 Å².